The standard InChI is InChI=1S/C30H42FN3O5/c1-4-21-9-5-10-22(17-21)28-25(12-6-13-26(28)31)30(38,14-8-15-33-29(37)39-3)23-11-7-16-34(20-23)27(36)18-24(35)19-32-2/h5-6,9-10,12-13,17,23-24,32,35,38H,4,7-8,11,14-16,18-20H2,1-3H3,(H,33,37)/t23-,24?,30?/m1/s1. The summed E-state index contributed by atoms with van der Waals surface area (Å²) >= 11 is 0. The van der Waals surface area contributed by atoms with Crippen LogP contribution in [0.3, 0.4) is 0 Å². The number of benzene rings is 2. The van der Waals surface area contributed by atoms with Crippen LogP contribution in [-0.4, -0.2) is 73.6 Å². The number of methoxy groups -OCH3 is 1. The Hall–Kier alpha value is -3.01. The predicted molar refractivity (Wildman–Crippen MR) is 149 cm³/mol. The summed E-state index contributed by atoms with van der Waals surface area (Å²) in [5.41, 5.74) is 1.10. The number of hydrogen-bond donors (Lipinski definition) is 4. The number of aliphatic hydroxyl groups excluding tert-OH is 1. The largest absolute Gasteiger partial charge is 0.453 e. The summed E-state index contributed by atoms with van der Waals surface area (Å²) < 4.78 is 20.2. The van der Waals surface area contributed by atoms with E-state index in [1.807, 2.05) is 31.2 Å². The van der Waals surface area contributed by atoms with E-state index in [1.54, 1.807) is 24.1 Å². The molecule has 4 N–H and O–H groups in total. The molecule has 39 heavy (non-hydrogen) atoms. The van der Waals surface area contributed by atoms with E-state index < -0.39 is 23.6 Å². The van der Waals surface area contributed by atoms with E-state index >= 15 is 4.39 Å². The van der Waals surface area contributed by atoms with Crippen molar-refractivity contribution in [2.45, 2.75) is 57.2 Å². The number of carbonyl (C=O) groups excluding carboxylic acids is 2. The van der Waals surface area contributed by atoms with Gasteiger partial charge in [0, 0.05) is 37.7 Å². The van der Waals surface area contributed by atoms with Crippen molar-refractivity contribution in [1.82, 2.24) is 15.5 Å². The molecule has 214 valence electrons. The number of alkyl carbamates (subject to hydrolysis) is 1. The topological polar surface area (TPSA) is 111 Å². The Bertz CT molecular complexity index is 1110. The Balaban J connectivity index is 1.98. The van der Waals surface area contributed by atoms with Crippen molar-refractivity contribution >= 4 is 12.0 Å². The highest BCUT2D eigenvalue weighted by Crippen LogP contribution is 2.44. The molecule has 8 nitrogen and oxygen atoms in total. The van der Waals surface area contributed by atoms with Crippen LogP contribution in [0.4, 0.5) is 9.18 Å². The van der Waals surface area contributed by atoms with Crippen molar-refractivity contribution in [3.05, 3.63) is 59.4 Å². The molecule has 1 fully saturated rings. The summed E-state index contributed by atoms with van der Waals surface area (Å²) in [5.74, 6) is -0.970. The molecule has 9 heteroatoms. The zero-order valence-corrected chi connectivity index (χ0v) is 23.2. The summed E-state index contributed by atoms with van der Waals surface area (Å²) in [6.45, 7) is 3.44. The molecular formula is C30H42FN3O5. The van der Waals surface area contributed by atoms with Crippen molar-refractivity contribution < 1.29 is 28.9 Å². The number of amides is 2. The van der Waals surface area contributed by atoms with Crippen molar-refractivity contribution in [2.75, 3.05) is 40.3 Å². The third-order valence-electron chi connectivity index (χ3n) is 7.59. The molecule has 2 aromatic carbocycles. The smallest absolute Gasteiger partial charge is 0.406 e. The second-order valence-corrected chi connectivity index (χ2v) is 10.3. The fourth-order valence-corrected chi connectivity index (χ4v) is 5.54. The maximum atomic E-state index is 15.5. The first kappa shape index (κ1) is 30.5. The van der Waals surface area contributed by atoms with Crippen molar-refractivity contribution in [3.63, 3.8) is 0 Å². The Morgan fingerprint density at radius 3 is 2.74 bits per heavy atom. The Morgan fingerprint density at radius 2 is 2.03 bits per heavy atom. The van der Waals surface area contributed by atoms with Gasteiger partial charge in [-0.15, -0.1) is 0 Å². The molecule has 0 saturated carbocycles. The minimum absolute atomic E-state index is 0.00986. The number of likely N-dealkylation sites (tertiary alicyclic amines) is 1. The first-order valence-corrected chi connectivity index (χ1v) is 13.8. The van der Waals surface area contributed by atoms with Crippen LogP contribution in [0.1, 0.15) is 50.2 Å². The van der Waals surface area contributed by atoms with E-state index in [4.69, 9.17) is 0 Å². The number of halogens is 1. The second-order valence-electron chi connectivity index (χ2n) is 10.3. The first-order chi connectivity index (χ1) is 18.7. The minimum Gasteiger partial charge on any atom is -0.453 e. The summed E-state index contributed by atoms with van der Waals surface area (Å²) in [5, 5.41) is 28.2. The third-order valence-corrected chi connectivity index (χ3v) is 7.59. The summed E-state index contributed by atoms with van der Waals surface area (Å²) in [6.07, 6.45) is 1.41. The number of likely N-dealkylation sites (N-methyl/N-ethyl adjacent to an activating group) is 1. The van der Waals surface area contributed by atoms with Crippen molar-refractivity contribution in [2.24, 2.45) is 5.92 Å². The van der Waals surface area contributed by atoms with Gasteiger partial charge in [-0.25, -0.2) is 9.18 Å². The minimum atomic E-state index is -1.47. The van der Waals surface area contributed by atoms with E-state index in [0.717, 1.165) is 12.0 Å². The molecule has 2 unspecified atom stereocenters. The monoisotopic (exact) mass is 543 g/mol. The summed E-state index contributed by atoms with van der Waals surface area (Å²) in [7, 11) is 3.00. The van der Waals surface area contributed by atoms with Gasteiger partial charge in [0.2, 0.25) is 5.91 Å². The van der Waals surface area contributed by atoms with Gasteiger partial charge in [0.05, 0.1) is 25.2 Å². The lowest BCUT2D eigenvalue weighted by atomic mass is 9.72. The molecule has 2 amide bonds. The SMILES string of the molecule is CCc1cccc(-c2c(F)cccc2C(O)(CCCNC(=O)OC)[C@@H]2CCCN(C(=O)CC(O)CNC)C2)c1. The number of piperidine rings is 1. The number of rotatable bonds is 12. The number of hydrogen-bond acceptors (Lipinski definition) is 6. The molecule has 1 heterocycles. The van der Waals surface area contributed by atoms with Crippen LogP contribution in [0.25, 0.3) is 11.1 Å². The molecule has 0 aliphatic carbocycles. The molecule has 3 atom stereocenters. The number of nitrogens with zero attached hydrogens (tertiary/aromatic N) is 1. The lowest BCUT2D eigenvalue weighted by molar-refractivity contribution is -0.138. The lowest BCUT2D eigenvalue weighted by Gasteiger charge is -2.44. The quantitative estimate of drug-likeness (QED) is 0.305. The number of carbonyl (C=O) groups is 2. The Labute approximate surface area is 230 Å². The average Bonchev–Trinajstić information content (AvgIpc) is 2.95. The van der Waals surface area contributed by atoms with E-state index in [-0.39, 0.29) is 37.8 Å². The molecule has 3 rings (SSSR count). The van der Waals surface area contributed by atoms with Gasteiger partial charge in [-0.1, -0.05) is 43.3 Å². The molecular weight excluding hydrogens is 501 g/mol. The molecule has 2 aromatic rings. The molecule has 0 bridgehead atoms. The van der Waals surface area contributed by atoms with Crippen molar-refractivity contribution in [3.8, 4) is 11.1 Å². The van der Waals surface area contributed by atoms with Gasteiger partial charge in [-0.2, -0.15) is 0 Å². The van der Waals surface area contributed by atoms with Crippen molar-refractivity contribution in [1.29, 1.82) is 0 Å². The fraction of sp³-hybridized carbons (Fsp3) is 0.533. The van der Waals surface area contributed by atoms with Gasteiger partial charge in [-0.05, 0) is 61.9 Å². The number of nitrogens with one attached hydrogen (secondary N) is 2. The van der Waals surface area contributed by atoms with Gasteiger partial charge in [-0.3, -0.25) is 4.79 Å². The van der Waals surface area contributed by atoms with Crippen LogP contribution in [0.2, 0.25) is 0 Å². The maximum Gasteiger partial charge on any atom is 0.406 e. The predicted octanol–water partition coefficient (Wildman–Crippen LogP) is 3.59. The zero-order valence-electron chi connectivity index (χ0n) is 23.2. The highest BCUT2D eigenvalue weighted by atomic mass is 19.1. The fourth-order valence-electron chi connectivity index (χ4n) is 5.54. The number of ether oxygens (including phenoxy) is 1. The van der Waals surface area contributed by atoms with Gasteiger partial charge in [0.25, 0.3) is 0 Å². The third kappa shape index (κ3) is 7.77. The van der Waals surface area contributed by atoms with Crippen LogP contribution in [-0.2, 0) is 21.6 Å². The molecule has 1 aliphatic heterocycles. The van der Waals surface area contributed by atoms with E-state index in [2.05, 4.69) is 15.4 Å². The molecule has 1 aliphatic rings. The van der Waals surface area contributed by atoms with Crippen LogP contribution in [0, 0.1) is 11.7 Å². The van der Waals surface area contributed by atoms with Gasteiger partial charge >= 0.3 is 6.09 Å². The van der Waals surface area contributed by atoms with Crippen LogP contribution in [0.5, 0.6) is 0 Å². The van der Waals surface area contributed by atoms with Gasteiger partial charge < -0.3 is 30.5 Å². The molecule has 1 saturated heterocycles. The molecule has 0 spiro atoms. The van der Waals surface area contributed by atoms with E-state index in [1.165, 1.54) is 13.2 Å². The van der Waals surface area contributed by atoms with Crippen LogP contribution < -0.4 is 10.6 Å². The van der Waals surface area contributed by atoms with Gasteiger partial charge in [0.15, 0.2) is 0 Å². The summed E-state index contributed by atoms with van der Waals surface area (Å²) in [4.78, 5) is 26.3. The van der Waals surface area contributed by atoms with Gasteiger partial charge in [0.1, 0.15) is 5.82 Å². The van der Waals surface area contributed by atoms with Crippen LogP contribution >= 0.6 is 0 Å². The van der Waals surface area contributed by atoms with E-state index in [0.29, 0.717) is 49.0 Å². The lowest BCUT2D eigenvalue weighted by Crippen LogP contribution is -2.49. The molecule has 0 aromatic heterocycles. The molecule has 0 radical (unpaired) electrons. The summed E-state index contributed by atoms with van der Waals surface area (Å²) in [6, 6.07) is 12.4. The number of aryl methyl sites for hydroxylation is 1. The second kappa shape index (κ2) is 14.4. The zero-order chi connectivity index (χ0) is 28.4. The Morgan fingerprint density at radius 1 is 1.26 bits per heavy atom. The number of aliphatic hydroxyl groups is 2. The highest BCUT2D eigenvalue weighted by molar-refractivity contribution is 5.77. The Kier molecular flexibility index (Phi) is 11.3. The van der Waals surface area contributed by atoms with Crippen LogP contribution in [0.15, 0.2) is 42.5 Å². The normalized spacial score (nSPS) is 17.8. The highest BCUT2D eigenvalue weighted by Gasteiger charge is 2.43. The first-order valence-electron chi connectivity index (χ1n) is 13.8. The van der Waals surface area contributed by atoms with E-state index in [9.17, 15) is 19.8 Å². The maximum absolute atomic E-state index is 15.5. The average molecular weight is 544 g/mol.